The lowest BCUT2D eigenvalue weighted by atomic mass is 10.1. The van der Waals surface area contributed by atoms with E-state index in [2.05, 4.69) is 11.4 Å². The summed E-state index contributed by atoms with van der Waals surface area (Å²) in [6, 6.07) is 8.83. The van der Waals surface area contributed by atoms with Gasteiger partial charge in [-0.2, -0.15) is 5.26 Å². The van der Waals surface area contributed by atoms with Crippen LogP contribution >= 0.6 is 22.9 Å². The summed E-state index contributed by atoms with van der Waals surface area (Å²) in [6.07, 6.45) is 5.09. The number of amides is 1. The molecule has 0 bridgehead atoms. The first-order valence-electron chi connectivity index (χ1n) is 8.95. The Labute approximate surface area is 172 Å². The predicted octanol–water partition coefficient (Wildman–Crippen LogP) is 4.10. The first kappa shape index (κ1) is 20.2. The smallest absolute Gasteiger partial charge is 0.344 e. The van der Waals surface area contributed by atoms with Gasteiger partial charge in [0.25, 0.3) is 5.91 Å². The van der Waals surface area contributed by atoms with Crippen molar-refractivity contribution in [2.24, 2.45) is 0 Å². The van der Waals surface area contributed by atoms with Gasteiger partial charge in [0.1, 0.15) is 16.8 Å². The van der Waals surface area contributed by atoms with Crippen LogP contribution in [-0.2, 0) is 27.2 Å². The number of aryl methyl sites for hydroxylation is 1. The number of halogens is 1. The summed E-state index contributed by atoms with van der Waals surface area (Å²) < 4.78 is 10.2. The highest BCUT2D eigenvalue weighted by Crippen LogP contribution is 2.36. The van der Waals surface area contributed by atoms with Crippen molar-refractivity contribution in [3.05, 3.63) is 45.3 Å². The largest absolute Gasteiger partial charge is 0.482 e. The van der Waals surface area contributed by atoms with E-state index in [4.69, 9.17) is 21.1 Å². The van der Waals surface area contributed by atoms with Crippen LogP contribution in [0.3, 0.4) is 0 Å². The molecule has 0 radical (unpaired) electrons. The summed E-state index contributed by atoms with van der Waals surface area (Å²) in [7, 11) is 0. The van der Waals surface area contributed by atoms with Crippen LogP contribution in [0.5, 0.6) is 5.75 Å². The lowest BCUT2D eigenvalue weighted by molar-refractivity contribution is -0.149. The van der Waals surface area contributed by atoms with Crippen LogP contribution in [0, 0.1) is 11.3 Å². The molecule has 3 rings (SSSR count). The van der Waals surface area contributed by atoms with Gasteiger partial charge >= 0.3 is 5.97 Å². The maximum atomic E-state index is 12.1. The zero-order chi connectivity index (χ0) is 19.9. The quantitative estimate of drug-likeness (QED) is 0.563. The highest BCUT2D eigenvalue weighted by atomic mass is 35.5. The van der Waals surface area contributed by atoms with E-state index in [0.29, 0.717) is 21.3 Å². The second kappa shape index (κ2) is 9.58. The number of nitrogens with one attached hydrogen (secondary N) is 1. The molecular formula is C20H19ClN2O4S. The molecule has 0 atom stereocenters. The van der Waals surface area contributed by atoms with E-state index < -0.39 is 18.5 Å². The molecule has 0 aliphatic heterocycles. The number of thiophene rings is 1. The molecule has 1 heterocycles. The van der Waals surface area contributed by atoms with Crippen LogP contribution in [0.4, 0.5) is 5.00 Å². The van der Waals surface area contributed by atoms with Crippen LogP contribution in [0.25, 0.3) is 0 Å². The predicted molar refractivity (Wildman–Crippen MR) is 107 cm³/mol. The highest BCUT2D eigenvalue weighted by Gasteiger charge is 2.21. The molecule has 0 saturated carbocycles. The number of nitriles is 1. The average Bonchev–Trinajstić information content (AvgIpc) is 2.84. The average molecular weight is 419 g/mol. The second-order valence-electron chi connectivity index (χ2n) is 6.34. The van der Waals surface area contributed by atoms with Crippen LogP contribution in [0.1, 0.15) is 35.3 Å². The molecule has 1 aliphatic carbocycles. The number of anilines is 1. The van der Waals surface area contributed by atoms with Crippen molar-refractivity contribution in [2.75, 3.05) is 18.5 Å². The summed E-state index contributed by atoms with van der Waals surface area (Å²) in [6.45, 7) is -0.768. The van der Waals surface area contributed by atoms with Crippen molar-refractivity contribution in [1.82, 2.24) is 0 Å². The Kier molecular flexibility index (Phi) is 6.90. The number of nitrogens with zero attached hydrogens (tertiary/aromatic N) is 1. The van der Waals surface area contributed by atoms with E-state index in [1.165, 1.54) is 11.3 Å². The van der Waals surface area contributed by atoms with Gasteiger partial charge in [-0.05, 0) is 49.4 Å². The summed E-state index contributed by atoms with van der Waals surface area (Å²) >= 11 is 7.28. The molecule has 28 heavy (non-hydrogen) atoms. The number of carbonyl (C=O) groups is 2. The van der Waals surface area contributed by atoms with Crippen LogP contribution in [-0.4, -0.2) is 25.1 Å². The number of fused-ring (bicyclic) bond motifs is 1. The third-order valence-corrected chi connectivity index (χ3v) is 5.75. The van der Waals surface area contributed by atoms with E-state index in [-0.39, 0.29) is 6.61 Å². The standard InChI is InChI=1S/C20H19ClN2O4S/c21-13-5-4-6-14(9-13)26-12-19(25)27-11-18(24)23-20-16(10-22)15-7-2-1-3-8-17(15)28-20/h4-6,9H,1-3,7-8,11-12H2,(H,23,24). The lowest BCUT2D eigenvalue weighted by Gasteiger charge is -2.07. The third-order valence-electron chi connectivity index (χ3n) is 4.30. The minimum Gasteiger partial charge on any atom is -0.482 e. The van der Waals surface area contributed by atoms with Crippen LogP contribution in [0.15, 0.2) is 24.3 Å². The van der Waals surface area contributed by atoms with Crippen LogP contribution < -0.4 is 10.1 Å². The summed E-state index contributed by atoms with van der Waals surface area (Å²) in [5.74, 6) is -0.714. The monoisotopic (exact) mass is 418 g/mol. The molecular weight excluding hydrogens is 400 g/mol. The summed E-state index contributed by atoms with van der Waals surface area (Å²) in [4.78, 5) is 25.1. The fraction of sp³-hybridized carbons (Fsp3) is 0.350. The number of carbonyl (C=O) groups excluding carboxylic acids is 2. The number of ether oxygens (including phenoxy) is 2. The second-order valence-corrected chi connectivity index (χ2v) is 7.88. The Balaban J connectivity index is 1.50. The molecule has 0 spiro atoms. The molecule has 1 aromatic carbocycles. The van der Waals surface area contributed by atoms with E-state index in [0.717, 1.165) is 42.5 Å². The van der Waals surface area contributed by atoms with Gasteiger partial charge in [-0.25, -0.2) is 4.79 Å². The van der Waals surface area contributed by atoms with Crippen molar-refractivity contribution in [3.63, 3.8) is 0 Å². The van der Waals surface area contributed by atoms with E-state index in [1.807, 2.05) is 0 Å². The number of benzene rings is 1. The molecule has 1 amide bonds. The zero-order valence-corrected chi connectivity index (χ0v) is 16.7. The van der Waals surface area contributed by atoms with E-state index in [9.17, 15) is 14.9 Å². The summed E-state index contributed by atoms with van der Waals surface area (Å²) in [5, 5.41) is 13.2. The van der Waals surface area contributed by atoms with Gasteiger partial charge in [0.05, 0.1) is 5.56 Å². The van der Waals surface area contributed by atoms with E-state index in [1.54, 1.807) is 24.3 Å². The first-order chi connectivity index (χ1) is 13.6. The topological polar surface area (TPSA) is 88.4 Å². The number of hydrogen-bond donors (Lipinski definition) is 1. The van der Waals surface area contributed by atoms with Gasteiger partial charge in [0.2, 0.25) is 0 Å². The van der Waals surface area contributed by atoms with Crippen LogP contribution in [0.2, 0.25) is 5.02 Å². The van der Waals surface area contributed by atoms with Crippen molar-refractivity contribution < 1.29 is 19.1 Å². The molecule has 2 aromatic rings. The van der Waals surface area contributed by atoms with Gasteiger partial charge in [-0.15, -0.1) is 11.3 Å². The highest BCUT2D eigenvalue weighted by molar-refractivity contribution is 7.16. The van der Waals surface area contributed by atoms with E-state index >= 15 is 0 Å². The maximum absolute atomic E-state index is 12.1. The van der Waals surface area contributed by atoms with Crippen molar-refractivity contribution in [2.45, 2.75) is 32.1 Å². The Hall–Kier alpha value is -2.56. The van der Waals surface area contributed by atoms with Gasteiger partial charge in [-0.1, -0.05) is 24.1 Å². The third kappa shape index (κ3) is 5.24. The lowest BCUT2D eigenvalue weighted by Crippen LogP contribution is -2.23. The van der Waals surface area contributed by atoms with Gasteiger partial charge in [-0.3, -0.25) is 4.79 Å². The Morgan fingerprint density at radius 1 is 1.21 bits per heavy atom. The molecule has 8 heteroatoms. The van der Waals surface area contributed by atoms with Gasteiger partial charge in [0.15, 0.2) is 13.2 Å². The molecule has 1 aromatic heterocycles. The van der Waals surface area contributed by atoms with Gasteiger partial charge < -0.3 is 14.8 Å². The fourth-order valence-corrected chi connectivity index (χ4v) is 4.43. The number of esters is 1. The normalized spacial score (nSPS) is 13.0. The van der Waals surface area contributed by atoms with Crippen molar-refractivity contribution in [1.29, 1.82) is 5.26 Å². The SMILES string of the molecule is N#Cc1c(NC(=O)COC(=O)COc2cccc(Cl)c2)sc2c1CCCCC2. The zero-order valence-electron chi connectivity index (χ0n) is 15.1. The number of rotatable bonds is 6. The molecule has 0 unspecified atom stereocenters. The number of hydrogen-bond acceptors (Lipinski definition) is 6. The Bertz CT molecular complexity index is 919. The first-order valence-corrected chi connectivity index (χ1v) is 10.1. The van der Waals surface area contributed by atoms with Crippen molar-refractivity contribution in [3.8, 4) is 11.8 Å². The Morgan fingerprint density at radius 3 is 2.82 bits per heavy atom. The van der Waals surface area contributed by atoms with Gasteiger partial charge in [0, 0.05) is 9.90 Å². The molecule has 6 nitrogen and oxygen atoms in total. The molecule has 0 saturated heterocycles. The molecule has 1 aliphatic rings. The Morgan fingerprint density at radius 2 is 2.04 bits per heavy atom. The van der Waals surface area contributed by atoms with Crippen molar-refractivity contribution >= 4 is 39.8 Å². The fourth-order valence-electron chi connectivity index (χ4n) is 3.00. The minimum absolute atomic E-state index is 0.329. The minimum atomic E-state index is -0.669. The molecule has 1 N–H and O–H groups in total. The molecule has 0 fully saturated rings. The molecule has 146 valence electrons. The maximum Gasteiger partial charge on any atom is 0.344 e. The summed E-state index contributed by atoms with van der Waals surface area (Å²) in [5.41, 5.74) is 1.58.